The molecular formula is C34H35BN7O2PRu+2. The van der Waals surface area contributed by atoms with Gasteiger partial charge in [0.1, 0.15) is 15.9 Å². The Kier molecular flexibility index (Phi) is 14.5. The summed E-state index contributed by atoms with van der Waals surface area (Å²) in [5, 5.41) is 34.1. The number of nitrogens with one attached hydrogen (secondary N) is 1. The average Bonchev–Trinajstić information content (AvgIpc) is 3.90. The van der Waals surface area contributed by atoms with Crippen molar-refractivity contribution in [3.8, 4) is 0 Å². The average molecular weight is 717 g/mol. The van der Waals surface area contributed by atoms with E-state index in [0.29, 0.717) is 5.56 Å². The zero-order valence-electron chi connectivity index (χ0n) is 25.0. The molecule has 0 fully saturated rings. The molecule has 3 aromatic heterocycles. The third-order valence-electron chi connectivity index (χ3n) is 6.77. The van der Waals surface area contributed by atoms with Crippen molar-refractivity contribution >= 4 is 36.9 Å². The number of rotatable bonds is 7. The SMILES string of the molecule is N=C([O-])c1ccccc1.[OH3+].[Ru+2].c1ccc([PH+](c2ccccc2)c2ccccc2)cc1.c1cnn([BH-](n2cccn2)n2cccn2)c1. The number of aromatic nitrogens is 6. The fraction of sp³-hybridized carbons (Fsp3) is 0. The maximum Gasteiger partial charge on any atom is 2.00 e. The molecule has 9 nitrogen and oxygen atoms in total. The van der Waals surface area contributed by atoms with Crippen LogP contribution >= 0.6 is 7.92 Å². The van der Waals surface area contributed by atoms with Crippen LogP contribution in [-0.2, 0) is 25.0 Å². The molecule has 232 valence electrons. The van der Waals surface area contributed by atoms with Crippen LogP contribution in [0.1, 0.15) is 5.56 Å². The number of hydrogen-bond acceptors (Lipinski definition) is 5. The predicted molar refractivity (Wildman–Crippen MR) is 185 cm³/mol. The molecule has 0 aliphatic heterocycles. The molecule has 7 aromatic rings. The van der Waals surface area contributed by atoms with Crippen molar-refractivity contribution in [3.05, 3.63) is 182 Å². The molecule has 0 aliphatic carbocycles. The molecule has 0 amide bonds. The van der Waals surface area contributed by atoms with Crippen molar-refractivity contribution in [2.75, 3.05) is 0 Å². The summed E-state index contributed by atoms with van der Waals surface area (Å²) in [4.78, 5) is 0. The van der Waals surface area contributed by atoms with Crippen LogP contribution in [0.25, 0.3) is 0 Å². The van der Waals surface area contributed by atoms with Crippen LogP contribution in [0.5, 0.6) is 0 Å². The molecule has 0 spiro atoms. The molecule has 12 heteroatoms. The maximum atomic E-state index is 10.3. The zero-order chi connectivity index (χ0) is 30.4. The van der Waals surface area contributed by atoms with Gasteiger partial charge >= 0.3 is 26.6 Å². The van der Waals surface area contributed by atoms with Crippen molar-refractivity contribution in [2.45, 2.75) is 0 Å². The first kappa shape index (κ1) is 35.5. The molecule has 7 rings (SSSR count). The smallest absolute Gasteiger partial charge is 0.859 e. The Morgan fingerprint density at radius 1 is 0.522 bits per heavy atom. The topological polar surface area (TPSA) is 133 Å². The first-order valence-electron chi connectivity index (χ1n) is 14.2. The molecule has 0 radical (unpaired) electrons. The number of hydrogen-bond donors (Lipinski definition) is 1. The largest absolute Gasteiger partial charge is 2.00 e. The number of benzene rings is 4. The van der Waals surface area contributed by atoms with Gasteiger partial charge in [0.05, 0.1) is 7.92 Å². The quantitative estimate of drug-likeness (QED) is 0.0893. The summed E-state index contributed by atoms with van der Waals surface area (Å²) in [6.45, 7) is 0. The van der Waals surface area contributed by atoms with E-state index >= 15 is 0 Å². The molecule has 0 saturated heterocycles. The molecule has 0 unspecified atom stereocenters. The fourth-order valence-corrected chi connectivity index (χ4v) is 7.33. The summed E-state index contributed by atoms with van der Waals surface area (Å²) in [6, 6.07) is 46.7. The molecule has 0 bridgehead atoms. The van der Waals surface area contributed by atoms with Crippen molar-refractivity contribution in [1.82, 2.24) is 29.1 Å². The third-order valence-corrected chi connectivity index (χ3v) is 9.50. The van der Waals surface area contributed by atoms with Gasteiger partial charge in [-0.1, -0.05) is 84.9 Å². The van der Waals surface area contributed by atoms with E-state index in [-0.39, 0.29) is 25.0 Å². The monoisotopic (exact) mass is 717 g/mol. The van der Waals surface area contributed by atoms with Crippen LogP contribution in [0.4, 0.5) is 0 Å². The van der Waals surface area contributed by atoms with Crippen molar-refractivity contribution in [2.24, 2.45) is 0 Å². The van der Waals surface area contributed by atoms with Gasteiger partial charge in [-0.05, 0) is 84.6 Å². The van der Waals surface area contributed by atoms with Gasteiger partial charge in [-0.2, -0.15) is 0 Å². The zero-order valence-corrected chi connectivity index (χ0v) is 27.7. The molecule has 3 heterocycles. The fourth-order valence-electron chi connectivity index (χ4n) is 4.75. The van der Waals surface area contributed by atoms with E-state index in [9.17, 15) is 5.11 Å². The Balaban J connectivity index is 0.000000195. The summed E-state index contributed by atoms with van der Waals surface area (Å²) < 4.78 is 5.62. The van der Waals surface area contributed by atoms with Crippen LogP contribution in [0.3, 0.4) is 0 Å². The van der Waals surface area contributed by atoms with E-state index in [1.807, 2.05) is 56.6 Å². The Morgan fingerprint density at radius 3 is 1.07 bits per heavy atom. The molecular weight excluding hydrogens is 681 g/mol. The Bertz CT molecular complexity index is 1610. The third kappa shape index (κ3) is 9.78. The van der Waals surface area contributed by atoms with Crippen LogP contribution in [0.15, 0.2) is 177 Å². The first-order chi connectivity index (χ1) is 21.7. The van der Waals surface area contributed by atoms with E-state index < -0.39 is 20.9 Å². The van der Waals surface area contributed by atoms with Crippen LogP contribution in [-0.4, -0.2) is 42.1 Å². The summed E-state index contributed by atoms with van der Waals surface area (Å²) in [5.41, 5.74) is 0.442. The van der Waals surface area contributed by atoms with E-state index in [4.69, 9.17) is 5.41 Å². The minimum absolute atomic E-state index is 0. The molecule has 0 aliphatic rings. The maximum absolute atomic E-state index is 10.3. The Hall–Kier alpha value is -4.94. The van der Waals surface area contributed by atoms with E-state index in [0.717, 1.165) is 0 Å². The van der Waals surface area contributed by atoms with Gasteiger partial charge in [0.25, 0.3) is 0 Å². The minimum atomic E-state index is -1.12. The minimum Gasteiger partial charge on any atom is -0.859 e. The van der Waals surface area contributed by atoms with Gasteiger partial charge in [-0.25, -0.2) is 15.3 Å². The second-order valence-electron chi connectivity index (χ2n) is 9.73. The molecule has 46 heavy (non-hydrogen) atoms. The first-order valence-corrected chi connectivity index (χ1v) is 15.7. The van der Waals surface area contributed by atoms with E-state index in [1.54, 1.807) is 42.9 Å². The van der Waals surface area contributed by atoms with Crippen LogP contribution in [0, 0.1) is 5.41 Å². The van der Waals surface area contributed by atoms with Gasteiger partial charge in [0.15, 0.2) is 0 Å². The molecule has 0 atom stereocenters. The Labute approximate surface area is 282 Å². The molecule has 4 aromatic carbocycles. The second kappa shape index (κ2) is 18.8. The molecule has 0 saturated carbocycles. The van der Waals surface area contributed by atoms with Gasteiger partial charge < -0.3 is 29.8 Å². The van der Waals surface area contributed by atoms with Crippen molar-refractivity contribution in [1.29, 1.82) is 5.41 Å². The summed E-state index contributed by atoms with van der Waals surface area (Å²) in [7, 11) is -2.00. The standard InChI is InChI=1S/C18H15P.C9H10BN6.C7H7NO.H2O.Ru/c1-4-10-16(11-5-1)19(17-12-6-2-7-13-17)18-14-8-3-9-15-18;1-4-11-14(7-1)10(15-8-2-5-12-15)16-9-3-6-13-16;8-7(9)6-4-2-1-3-5-6;;/h1-15H;1-10H;1-5H,(H2,8,9);1H2;/q;-1;;;+2/p+1. The summed E-state index contributed by atoms with van der Waals surface area (Å²) in [6.07, 6.45) is 11.0. The van der Waals surface area contributed by atoms with E-state index in [1.165, 1.54) is 15.9 Å². The van der Waals surface area contributed by atoms with Crippen molar-refractivity contribution in [3.63, 3.8) is 0 Å². The number of nitrogens with zero attached hydrogens (tertiary/aromatic N) is 6. The molecule has 4 N–H and O–H groups in total. The summed E-state index contributed by atoms with van der Waals surface area (Å²) >= 11 is 0. The van der Waals surface area contributed by atoms with Crippen LogP contribution < -0.4 is 21.0 Å². The van der Waals surface area contributed by atoms with Crippen LogP contribution in [0.2, 0.25) is 0 Å². The Morgan fingerprint density at radius 2 is 0.826 bits per heavy atom. The van der Waals surface area contributed by atoms with E-state index in [2.05, 4.69) is 106 Å². The van der Waals surface area contributed by atoms with Gasteiger partial charge in [-0.3, -0.25) is 0 Å². The van der Waals surface area contributed by atoms with Gasteiger partial charge in [0, 0.05) is 18.6 Å². The van der Waals surface area contributed by atoms with Crippen molar-refractivity contribution < 1.29 is 30.1 Å². The van der Waals surface area contributed by atoms with Gasteiger partial charge in [-0.15, -0.1) is 0 Å². The predicted octanol–water partition coefficient (Wildman–Crippen LogP) is 2.56. The second-order valence-corrected chi connectivity index (χ2v) is 12.2. The normalized spacial score (nSPS) is 9.96. The summed E-state index contributed by atoms with van der Waals surface area (Å²) in [5.74, 6) is -0.629. The van der Waals surface area contributed by atoms with Gasteiger partial charge in [0.2, 0.25) is 0 Å².